The van der Waals surface area contributed by atoms with Crippen LogP contribution in [0, 0.1) is 18.3 Å². The molecule has 2 N–H and O–H groups in total. The Hall–Kier alpha value is -4.73. The average molecular weight is 501 g/mol. The molecule has 0 atom stereocenters. The first-order valence-corrected chi connectivity index (χ1v) is 12.7. The average Bonchev–Trinajstić information content (AvgIpc) is 3.36. The van der Waals surface area contributed by atoms with Crippen LogP contribution in [0.4, 0.5) is 5.69 Å². The number of nitrogens with one attached hydrogen (secondary N) is 2. The molecule has 0 unspecified atom stereocenters. The highest BCUT2D eigenvalue weighted by molar-refractivity contribution is 7.21. The molecule has 0 radical (unpaired) electrons. The van der Waals surface area contributed by atoms with Crippen molar-refractivity contribution in [3.8, 4) is 16.6 Å². The van der Waals surface area contributed by atoms with E-state index in [1.165, 1.54) is 11.8 Å². The van der Waals surface area contributed by atoms with E-state index in [9.17, 15) is 10.1 Å². The van der Waals surface area contributed by atoms with E-state index in [4.69, 9.17) is 4.98 Å². The summed E-state index contributed by atoms with van der Waals surface area (Å²) in [6.07, 6.45) is 1.44. The van der Waals surface area contributed by atoms with Gasteiger partial charge in [0, 0.05) is 17.5 Å². The monoisotopic (exact) mass is 500 g/mol. The van der Waals surface area contributed by atoms with E-state index in [2.05, 4.69) is 29.7 Å². The van der Waals surface area contributed by atoms with E-state index >= 15 is 0 Å². The number of rotatable bonds is 7. The third kappa shape index (κ3) is 5.58. The summed E-state index contributed by atoms with van der Waals surface area (Å²) in [7, 11) is 0. The summed E-state index contributed by atoms with van der Waals surface area (Å²) in [6.45, 7) is 2.08. The van der Waals surface area contributed by atoms with Crippen molar-refractivity contribution in [3.05, 3.63) is 132 Å². The molecule has 1 heterocycles. The Labute approximate surface area is 219 Å². The molecule has 0 aliphatic carbocycles. The standard InChI is InChI=1S/C31H24N4OS/c1-21-12-17-27-28(18-21)37-31(34-27)24-13-15-26(16-14-24)33-20-25(19-32)30(36)35-29(22-8-4-2-5-9-22)23-10-6-3-7-11-23/h2-18,20,29,33H,1H3,(H,35,36)/b25-20-. The van der Waals surface area contributed by atoms with Crippen molar-refractivity contribution in [1.82, 2.24) is 10.3 Å². The predicted octanol–water partition coefficient (Wildman–Crippen LogP) is 7.00. The highest BCUT2D eigenvalue weighted by Crippen LogP contribution is 2.31. The second-order valence-electron chi connectivity index (χ2n) is 8.61. The number of hydrogen-bond acceptors (Lipinski definition) is 5. The Bertz CT molecular complexity index is 1560. The normalized spacial score (nSPS) is 11.3. The molecule has 180 valence electrons. The van der Waals surface area contributed by atoms with Crippen molar-refractivity contribution >= 4 is 33.1 Å². The molecule has 1 amide bonds. The van der Waals surface area contributed by atoms with Crippen LogP contribution in [0.15, 0.2) is 115 Å². The number of thiazole rings is 1. The Kier molecular flexibility index (Phi) is 7.07. The number of nitrogens with zero attached hydrogens (tertiary/aromatic N) is 2. The van der Waals surface area contributed by atoms with Crippen LogP contribution in [0.3, 0.4) is 0 Å². The number of carbonyl (C=O) groups is 1. The van der Waals surface area contributed by atoms with Gasteiger partial charge < -0.3 is 10.6 Å². The molecule has 6 heteroatoms. The van der Waals surface area contributed by atoms with Crippen molar-refractivity contribution in [2.45, 2.75) is 13.0 Å². The molecule has 0 spiro atoms. The van der Waals surface area contributed by atoms with Gasteiger partial charge in [-0.2, -0.15) is 5.26 Å². The van der Waals surface area contributed by atoms with Gasteiger partial charge in [-0.25, -0.2) is 4.98 Å². The molecule has 37 heavy (non-hydrogen) atoms. The lowest BCUT2D eigenvalue weighted by atomic mass is 9.98. The summed E-state index contributed by atoms with van der Waals surface area (Å²) in [5, 5.41) is 16.7. The van der Waals surface area contributed by atoms with Crippen molar-refractivity contribution in [2.75, 3.05) is 5.32 Å². The molecule has 0 aliphatic rings. The van der Waals surface area contributed by atoms with Crippen LogP contribution in [0.1, 0.15) is 22.7 Å². The van der Waals surface area contributed by atoms with Crippen LogP contribution in [-0.4, -0.2) is 10.9 Å². The number of hydrogen-bond donors (Lipinski definition) is 2. The second kappa shape index (κ2) is 10.9. The van der Waals surface area contributed by atoms with E-state index in [1.54, 1.807) is 11.3 Å². The van der Waals surface area contributed by atoms with E-state index in [-0.39, 0.29) is 11.6 Å². The Morgan fingerprint density at radius 2 is 1.57 bits per heavy atom. The summed E-state index contributed by atoms with van der Waals surface area (Å²) in [5.74, 6) is -0.450. The number of carbonyl (C=O) groups excluding carboxylic acids is 1. The minimum Gasteiger partial charge on any atom is -0.360 e. The molecular formula is C31H24N4OS. The van der Waals surface area contributed by atoms with Gasteiger partial charge in [0.1, 0.15) is 16.6 Å². The number of fused-ring (bicyclic) bond motifs is 1. The van der Waals surface area contributed by atoms with Crippen LogP contribution >= 0.6 is 11.3 Å². The van der Waals surface area contributed by atoms with Crippen molar-refractivity contribution in [2.24, 2.45) is 0 Å². The van der Waals surface area contributed by atoms with Crippen molar-refractivity contribution in [1.29, 1.82) is 5.26 Å². The van der Waals surface area contributed by atoms with Gasteiger partial charge >= 0.3 is 0 Å². The molecule has 0 saturated carbocycles. The summed E-state index contributed by atoms with van der Waals surface area (Å²) >= 11 is 1.66. The molecule has 1 aromatic heterocycles. The molecule has 5 aromatic rings. The molecule has 0 bridgehead atoms. The van der Waals surface area contributed by atoms with Gasteiger partial charge in [0.2, 0.25) is 0 Å². The number of anilines is 1. The number of aromatic nitrogens is 1. The van der Waals surface area contributed by atoms with E-state index < -0.39 is 5.91 Å². The smallest absolute Gasteiger partial charge is 0.264 e. The summed E-state index contributed by atoms with van der Waals surface area (Å²) < 4.78 is 1.16. The minimum absolute atomic E-state index is 0.0116. The molecule has 0 fully saturated rings. The van der Waals surface area contributed by atoms with Gasteiger partial charge in [-0.05, 0) is 60.0 Å². The first-order chi connectivity index (χ1) is 18.1. The van der Waals surface area contributed by atoms with E-state index in [0.29, 0.717) is 0 Å². The molecule has 5 rings (SSSR count). The lowest BCUT2D eigenvalue weighted by Crippen LogP contribution is -2.30. The molecule has 5 nitrogen and oxygen atoms in total. The second-order valence-corrected chi connectivity index (χ2v) is 9.64. The fourth-order valence-corrected chi connectivity index (χ4v) is 5.10. The van der Waals surface area contributed by atoms with Gasteiger partial charge in [-0.15, -0.1) is 11.3 Å². The van der Waals surface area contributed by atoms with Gasteiger partial charge in [-0.1, -0.05) is 66.7 Å². The van der Waals surface area contributed by atoms with Crippen LogP contribution in [-0.2, 0) is 4.79 Å². The SMILES string of the molecule is Cc1ccc2nc(-c3ccc(N/C=C(/C#N)C(=O)NC(c4ccccc4)c4ccccc4)cc3)sc2c1. The third-order valence-electron chi connectivity index (χ3n) is 5.97. The zero-order valence-electron chi connectivity index (χ0n) is 20.2. The van der Waals surface area contributed by atoms with Crippen molar-refractivity contribution < 1.29 is 4.79 Å². The number of aryl methyl sites for hydroxylation is 1. The molecule has 4 aromatic carbocycles. The highest BCUT2D eigenvalue weighted by Gasteiger charge is 2.19. The maximum atomic E-state index is 13.1. The maximum Gasteiger partial charge on any atom is 0.264 e. The van der Waals surface area contributed by atoms with Crippen molar-refractivity contribution in [3.63, 3.8) is 0 Å². The molecule has 0 saturated heterocycles. The fraction of sp³-hybridized carbons (Fsp3) is 0.0645. The summed E-state index contributed by atoms with van der Waals surface area (Å²) in [5.41, 5.74) is 5.85. The Morgan fingerprint density at radius 1 is 0.919 bits per heavy atom. The zero-order valence-corrected chi connectivity index (χ0v) is 21.0. The number of benzene rings is 4. The van der Waals surface area contributed by atoms with E-state index in [0.717, 1.165) is 37.6 Å². The number of amides is 1. The predicted molar refractivity (Wildman–Crippen MR) is 150 cm³/mol. The van der Waals surface area contributed by atoms with Crippen LogP contribution < -0.4 is 10.6 Å². The Balaban J connectivity index is 1.31. The third-order valence-corrected chi connectivity index (χ3v) is 7.03. The topological polar surface area (TPSA) is 77.8 Å². The van der Waals surface area contributed by atoms with Crippen LogP contribution in [0.5, 0.6) is 0 Å². The first-order valence-electron chi connectivity index (χ1n) is 11.9. The Morgan fingerprint density at radius 3 is 2.19 bits per heavy atom. The van der Waals surface area contributed by atoms with E-state index in [1.807, 2.05) is 97.1 Å². The first kappa shape index (κ1) is 24.0. The largest absolute Gasteiger partial charge is 0.360 e. The maximum absolute atomic E-state index is 13.1. The van der Waals surface area contributed by atoms with Gasteiger partial charge in [0.25, 0.3) is 5.91 Å². The fourth-order valence-electron chi connectivity index (χ4n) is 4.03. The van der Waals surface area contributed by atoms with Gasteiger partial charge in [0.05, 0.1) is 16.3 Å². The quantitative estimate of drug-likeness (QED) is 0.186. The minimum atomic E-state index is -0.450. The van der Waals surface area contributed by atoms with Gasteiger partial charge in [-0.3, -0.25) is 4.79 Å². The van der Waals surface area contributed by atoms with Crippen LogP contribution in [0.2, 0.25) is 0 Å². The molecular weight excluding hydrogens is 476 g/mol. The number of nitriles is 1. The summed E-state index contributed by atoms with van der Waals surface area (Å²) in [4.78, 5) is 17.8. The highest BCUT2D eigenvalue weighted by atomic mass is 32.1. The zero-order chi connectivity index (χ0) is 25.6. The lowest BCUT2D eigenvalue weighted by molar-refractivity contribution is -0.117. The van der Waals surface area contributed by atoms with Crippen LogP contribution in [0.25, 0.3) is 20.8 Å². The molecule has 0 aliphatic heterocycles. The van der Waals surface area contributed by atoms with Gasteiger partial charge in [0.15, 0.2) is 0 Å². The lowest BCUT2D eigenvalue weighted by Gasteiger charge is -2.19. The summed E-state index contributed by atoms with van der Waals surface area (Å²) in [6, 6.07) is 35.1.